The molecular weight excluding hydrogens is 494 g/mol. The van der Waals surface area contributed by atoms with Crippen LogP contribution in [0.25, 0.3) is 10.9 Å². The Hall–Kier alpha value is -2.21. The molecule has 1 fully saturated rings. The summed E-state index contributed by atoms with van der Waals surface area (Å²) in [6, 6.07) is 4.44. The van der Waals surface area contributed by atoms with E-state index in [1.807, 2.05) is 20.8 Å². The van der Waals surface area contributed by atoms with Gasteiger partial charge in [0.25, 0.3) is 5.91 Å². The lowest BCUT2D eigenvalue weighted by Gasteiger charge is -2.30. The van der Waals surface area contributed by atoms with Crippen LogP contribution in [0.2, 0.25) is 0 Å². The Morgan fingerprint density at radius 3 is 2.37 bits per heavy atom. The predicted molar refractivity (Wildman–Crippen MR) is 126 cm³/mol. The van der Waals surface area contributed by atoms with E-state index in [2.05, 4.69) is 20.9 Å². The maximum Gasteiger partial charge on any atom is 0.405 e. The molecular formula is C23H28F6N4OS. The van der Waals surface area contributed by atoms with Crippen molar-refractivity contribution in [3.8, 4) is 0 Å². The number of rotatable bonds is 5. The number of hydrogen-bond acceptors (Lipinski definition) is 5. The first-order chi connectivity index (χ1) is 16.0. The normalized spacial score (nSPS) is 19.6. The van der Waals surface area contributed by atoms with Crippen LogP contribution in [0.4, 0.5) is 32.0 Å². The summed E-state index contributed by atoms with van der Waals surface area (Å²) < 4.78 is 76.6. The van der Waals surface area contributed by atoms with Crippen molar-refractivity contribution in [3.63, 3.8) is 0 Å². The van der Waals surface area contributed by atoms with E-state index in [0.29, 0.717) is 27.7 Å². The fraction of sp³-hybridized carbons (Fsp3) is 0.565. The van der Waals surface area contributed by atoms with Gasteiger partial charge in [0.1, 0.15) is 17.5 Å². The van der Waals surface area contributed by atoms with Crippen LogP contribution in [0, 0.1) is 6.92 Å². The number of aromatic nitrogens is 1. The second kappa shape index (κ2) is 10.0. The molecule has 1 aromatic heterocycles. The number of halogens is 6. The molecule has 1 aliphatic rings. The van der Waals surface area contributed by atoms with Crippen LogP contribution >= 0.6 is 11.8 Å². The Balaban J connectivity index is 1.80. The fourth-order valence-corrected chi connectivity index (χ4v) is 4.86. The monoisotopic (exact) mass is 522 g/mol. The molecule has 3 N–H and O–H groups in total. The molecule has 3 rings (SSSR count). The Morgan fingerprint density at radius 2 is 1.83 bits per heavy atom. The number of nitrogens with zero attached hydrogens (tertiary/aromatic N) is 1. The predicted octanol–water partition coefficient (Wildman–Crippen LogP) is 5.18. The van der Waals surface area contributed by atoms with Gasteiger partial charge in [-0.25, -0.2) is 4.98 Å². The lowest BCUT2D eigenvalue weighted by atomic mass is 9.84. The molecule has 0 spiro atoms. The van der Waals surface area contributed by atoms with Gasteiger partial charge in [-0.1, -0.05) is 20.8 Å². The number of alkyl halides is 6. The van der Waals surface area contributed by atoms with Crippen molar-refractivity contribution in [2.75, 3.05) is 30.7 Å². The number of thioether (sulfide) groups is 1. The maximum absolute atomic E-state index is 12.8. The van der Waals surface area contributed by atoms with E-state index >= 15 is 0 Å². The highest BCUT2D eigenvalue weighted by atomic mass is 32.2. The van der Waals surface area contributed by atoms with Crippen LogP contribution in [0.15, 0.2) is 18.2 Å². The summed E-state index contributed by atoms with van der Waals surface area (Å²) in [5, 5.41) is 7.11. The van der Waals surface area contributed by atoms with Crippen molar-refractivity contribution in [1.82, 2.24) is 15.6 Å². The Bertz CT molecular complexity index is 1070. The fourth-order valence-electron chi connectivity index (χ4n) is 3.76. The first-order valence-corrected chi connectivity index (χ1v) is 12.1. The molecule has 2 unspecified atom stereocenters. The zero-order valence-electron chi connectivity index (χ0n) is 19.7. The minimum atomic E-state index is -4.37. The number of pyridine rings is 1. The number of anilines is 1. The van der Waals surface area contributed by atoms with Crippen LogP contribution in [0.5, 0.6) is 0 Å². The van der Waals surface area contributed by atoms with E-state index in [-0.39, 0.29) is 30.6 Å². The molecule has 2 aromatic rings. The average Bonchev–Trinajstić information content (AvgIpc) is 2.74. The summed E-state index contributed by atoms with van der Waals surface area (Å²) >= 11 is 0.811. The lowest BCUT2D eigenvalue weighted by molar-refractivity contribution is -0.128. The highest BCUT2D eigenvalue weighted by Gasteiger charge is 2.42. The molecule has 0 radical (unpaired) electrons. The summed E-state index contributed by atoms with van der Waals surface area (Å²) in [5.74, 6) is -0.268. The van der Waals surface area contributed by atoms with Gasteiger partial charge >= 0.3 is 12.4 Å². The molecule has 2 atom stereocenters. The van der Waals surface area contributed by atoms with E-state index in [4.69, 9.17) is 0 Å². The summed E-state index contributed by atoms with van der Waals surface area (Å²) in [6.45, 7) is 6.20. The summed E-state index contributed by atoms with van der Waals surface area (Å²) in [4.78, 5) is 17.3. The van der Waals surface area contributed by atoms with Crippen molar-refractivity contribution >= 4 is 34.3 Å². The van der Waals surface area contributed by atoms with Crippen LogP contribution < -0.4 is 16.0 Å². The van der Waals surface area contributed by atoms with Gasteiger partial charge in [0, 0.05) is 36.0 Å². The molecule has 1 aliphatic heterocycles. The third-order valence-corrected chi connectivity index (χ3v) is 7.05. The number of benzene rings is 1. The molecule has 194 valence electrons. The quantitative estimate of drug-likeness (QED) is 0.473. The Labute approximate surface area is 203 Å². The number of hydrogen-bond donors (Lipinski definition) is 3. The zero-order valence-corrected chi connectivity index (χ0v) is 20.6. The second-order valence-electron chi connectivity index (χ2n) is 9.64. The van der Waals surface area contributed by atoms with Gasteiger partial charge in [-0.3, -0.25) is 4.79 Å². The molecule has 1 saturated heterocycles. The molecule has 12 heteroatoms. The SMILES string of the molecule is Cc1cc(C(=O)NCC2CSC(C(F)(F)F)CN2)nc2c(C(C)(C)C)cc(NCC(F)(F)F)cc12. The van der Waals surface area contributed by atoms with Crippen LogP contribution in [-0.4, -0.2) is 59.9 Å². The highest BCUT2D eigenvalue weighted by molar-refractivity contribution is 8.00. The Morgan fingerprint density at radius 1 is 1.14 bits per heavy atom. The molecule has 0 bridgehead atoms. The van der Waals surface area contributed by atoms with Gasteiger partial charge in [0.05, 0.1) is 5.52 Å². The minimum Gasteiger partial charge on any atom is -0.376 e. The molecule has 35 heavy (non-hydrogen) atoms. The standard InChI is InChI=1S/C23H28F6N4OS/c1-12-5-17(20(34)31-8-14-10-35-18(9-30-14)23(27,28)29)33-19-15(12)6-13(32-11-22(24,25)26)7-16(19)21(2,3)4/h5-7,14,18,30,32H,8-11H2,1-4H3,(H,31,34). The van der Waals surface area contributed by atoms with E-state index in [1.54, 1.807) is 25.1 Å². The lowest BCUT2D eigenvalue weighted by Crippen LogP contribution is -2.51. The molecule has 1 amide bonds. The third kappa shape index (κ3) is 7.16. The summed E-state index contributed by atoms with van der Waals surface area (Å²) in [7, 11) is 0. The zero-order chi connectivity index (χ0) is 26.2. The van der Waals surface area contributed by atoms with Crippen molar-refractivity contribution in [2.24, 2.45) is 0 Å². The van der Waals surface area contributed by atoms with E-state index in [1.165, 1.54) is 0 Å². The van der Waals surface area contributed by atoms with Gasteiger partial charge < -0.3 is 16.0 Å². The molecule has 0 saturated carbocycles. The number of carbonyl (C=O) groups excluding carboxylic acids is 1. The number of aryl methyl sites for hydroxylation is 1. The van der Waals surface area contributed by atoms with Crippen LogP contribution in [0.1, 0.15) is 42.4 Å². The van der Waals surface area contributed by atoms with Crippen LogP contribution in [0.3, 0.4) is 0 Å². The van der Waals surface area contributed by atoms with Gasteiger partial charge in [0.15, 0.2) is 0 Å². The molecule has 0 aliphatic carbocycles. The van der Waals surface area contributed by atoms with Crippen molar-refractivity contribution < 1.29 is 31.1 Å². The molecule has 1 aromatic carbocycles. The topological polar surface area (TPSA) is 66.0 Å². The van der Waals surface area contributed by atoms with E-state index in [0.717, 1.165) is 11.8 Å². The number of fused-ring (bicyclic) bond motifs is 1. The summed E-state index contributed by atoms with van der Waals surface area (Å²) in [5.41, 5.74) is 1.83. The third-order valence-electron chi connectivity index (χ3n) is 5.62. The highest BCUT2D eigenvalue weighted by Crippen LogP contribution is 2.35. The van der Waals surface area contributed by atoms with Gasteiger partial charge in [-0.2, -0.15) is 26.3 Å². The molecule has 2 heterocycles. The number of carbonyl (C=O) groups is 1. The summed E-state index contributed by atoms with van der Waals surface area (Å²) in [6.07, 6.45) is -8.64. The van der Waals surface area contributed by atoms with E-state index < -0.39 is 35.5 Å². The minimum absolute atomic E-state index is 0.133. The first kappa shape index (κ1) is 27.4. The largest absolute Gasteiger partial charge is 0.405 e. The first-order valence-electron chi connectivity index (χ1n) is 11.0. The molecule has 5 nitrogen and oxygen atoms in total. The maximum atomic E-state index is 12.8. The van der Waals surface area contributed by atoms with E-state index in [9.17, 15) is 31.1 Å². The number of amides is 1. The van der Waals surface area contributed by atoms with Gasteiger partial charge in [-0.15, -0.1) is 11.8 Å². The second-order valence-corrected chi connectivity index (χ2v) is 10.9. The van der Waals surface area contributed by atoms with Gasteiger partial charge in [0.2, 0.25) is 0 Å². The number of nitrogens with one attached hydrogen (secondary N) is 3. The Kier molecular flexibility index (Phi) is 7.85. The smallest absolute Gasteiger partial charge is 0.376 e. The van der Waals surface area contributed by atoms with Crippen LogP contribution in [-0.2, 0) is 5.41 Å². The van der Waals surface area contributed by atoms with Gasteiger partial charge in [-0.05, 0) is 41.7 Å². The van der Waals surface area contributed by atoms with Crippen molar-refractivity contribution in [2.45, 2.75) is 56.8 Å². The average molecular weight is 523 g/mol. The van der Waals surface area contributed by atoms with Crippen molar-refractivity contribution in [1.29, 1.82) is 0 Å². The van der Waals surface area contributed by atoms with Crippen molar-refractivity contribution in [3.05, 3.63) is 35.0 Å².